The third-order valence-electron chi connectivity index (χ3n) is 2.83. The number of aromatic nitrogens is 2. The van der Waals surface area contributed by atoms with Crippen molar-refractivity contribution in [2.75, 3.05) is 13.1 Å². The fourth-order valence-corrected chi connectivity index (χ4v) is 2.01. The van der Waals surface area contributed by atoms with Gasteiger partial charge in [-0.15, -0.1) is 0 Å². The molecule has 0 spiro atoms. The highest BCUT2D eigenvalue weighted by atomic mass is 16.2. The van der Waals surface area contributed by atoms with E-state index in [0.717, 1.165) is 31.6 Å². The first-order valence-electron chi connectivity index (χ1n) is 5.02. The van der Waals surface area contributed by atoms with Gasteiger partial charge in [0, 0.05) is 37.8 Å². The largest absolute Gasteiger partial charge is 0.342 e. The Morgan fingerprint density at radius 2 is 2.57 bits per heavy atom. The van der Waals surface area contributed by atoms with Crippen LogP contribution < -0.4 is 0 Å². The number of carbonyl (C=O) groups is 1. The first-order valence-corrected chi connectivity index (χ1v) is 5.02. The zero-order valence-corrected chi connectivity index (χ0v) is 8.36. The van der Waals surface area contributed by atoms with E-state index in [2.05, 4.69) is 10.2 Å². The van der Waals surface area contributed by atoms with E-state index in [1.165, 1.54) is 0 Å². The van der Waals surface area contributed by atoms with Gasteiger partial charge in [-0.1, -0.05) is 0 Å². The lowest BCUT2D eigenvalue weighted by Crippen LogP contribution is -2.37. The molecule has 1 aromatic heterocycles. The Balaban J connectivity index is 2.04. The number of H-pyrrole nitrogens is 1. The summed E-state index contributed by atoms with van der Waals surface area (Å²) in [4.78, 5) is 13.1. The Labute approximate surface area is 83.3 Å². The molecule has 0 radical (unpaired) electrons. The lowest BCUT2D eigenvalue weighted by molar-refractivity contribution is -0.130. The quantitative estimate of drug-likeness (QED) is 0.727. The molecule has 1 atom stereocenters. The number of amides is 1. The smallest absolute Gasteiger partial charge is 0.219 e. The molecule has 1 fully saturated rings. The Morgan fingerprint density at radius 3 is 3.21 bits per heavy atom. The predicted octanol–water partition coefficient (Wildman–Crippen LogP) is 1.14. The second-order valence-corrected chi connectivity index (χ2v) is 3.82. The molecular weight excluding hydrogens is 178 g/mol. The van der Waals surface area contributed by atoms with E-state index in [4.69, 9.17) is 0 Å². The van der Waals surface area contributed by atoms with Crippen LogP contribution in [0, 0.1) is 0 Å². The summed E-state index contributed by atoms with van der Waals surface area (Å²) < 4.78 is 0. The normalized spacial score (nSPS) is 22.4. The number of aromatic amines is 1. The van der Waals surface area contributed by atoms with Crippen LogP contribution in [0.3, 0.4) is 0 Å². The summed E-state index contributed by atoms with van der Waals surface area (Å²) in [5.41, 5.74) is 1.15. The van der Waals surface area contributed by atoms with Crippen molar-refractivity contribution in [3.8, 4) is 0 Å². The Hall–Kier alpha value is -1.32. The highest BCUT2D eigenvalue weighted by Crippen LogP contribution is 2.24. The van der Waals surface area contributed by atoms with Gasteiger partial charge in [-0.3, -0.25) is 9.89 Å². The van der Waals surface area contributed by atoms with Gasteiger partial charge in [-0.25, -0.2) is 0 Å². The zero-order valence-electron chi connectivity index (χ0n) is 8.36. The minimum absolute atomic E-state index is 0.175. The van der Waals surface area contributed by atoms with Crippen molar-refractivity contribution in [3.05, 3.63) is 18.0 Å². The minimum atomic E-state index is 0.175. The summed E-state index contributed by atoms with van der Waals surface area (Å²) in [6.07, 6.45) is 4.00. The molecule has 1 amide bonds. The number of nitrogens with one attached hydrogen (secondary N) is 1. The van der Waals surface area contributed by atoms with Crippen LogP contribution in [0.25, 0.3) is 0 Å². The average Bonchev–Trinajstić information content (AvgIpc) is 2.71. The molecule has 1 aromatic rings. The van der Waals surface area contributed by atoms with Crippen LogP contribution in [0.4, 0.5) is 0 Å². The summed E-state index contributed by atoms with van der Waals surface area (Å²) in [5.74, 6) is 0.615. The molecule has 4 nitrogen and oxygen atoms in total. The highest BCUT2D eigenvalue weighted by molar-refractivity contribution is 5.73. The minimum Gasteiger partial charge on any atom is -0.342 e. The fourth-order valence-electron chi connectivity index (χ4n) is 2.01. The van der Waals surface area contributed by atoms with Crippen LogP contribution in [0.15, 0.2) is 12.3 Å². The van der Waals surface area contributed by atoms with E-state index in [1.54, 1.807) is 13.1 Å². The molecule has 2 heterocycles. The van der Waals surface area contributed by atoms with E-state index in [-0.39, 0.29) is 5.91 Å². The first kappa shape index (κ1) is 9.24. The van der Waals surface area contributed by atoms with Crippen molar-refractivity contribution in [1.82, 2.24) is 15.1 Å². The van der Waals surface area contributed by atoms with Gasteiger partial charge in [0.15, 0.2) is 0 Å². The molecule has 1 saturated heterocycles. The second-order valence-electron chi connectivity index (χ2n) is 3.82. The van der Waals surface area contributed by atoms with Crippen LogP contribution >= 0.6 is 0 Å². The number of hydrogen-bond donors (Lipinski definition) is 1. The van der Waals surface area contributed by atoms with Gasteiger partial charge in [-0.2, -0.15) is 5.10 Å². The number of carbonyl (C=O) groups excluding carboxylic acids is 1. The molecule has 0 saturated carbocycles. The molecule has 76 valence electrons. The molecule has 1 aliphatic rings. The molecule has 1 unspecified atom stereocenters. The van der Waals surface area contributed by atoms with Gasteiger partial charge in [-0.05, 0) is 18.9 Å². The van der Waals surface area contributed by atoms with Crippen LogP contribution in [-0.2, 0) is 4.79 Å². The van der Waals surface area contributed by atoms with Crippen molar-refractivity contribution in [2.24, 2.45) is 0 Å². The third-order valence-corrected chi connectivity index (χ3v) is 2.83. The van der Waals surface area contributed by atoms with Gasteiger partial charge in [0.25, 0.3) is 0 Å². The van der Waals surface area contributed by atoms with Gasteiger partial charge in [0.05, 0.1) is 0 Å². The number of rotatable bonds is 1. The zero-order chi connectivity index (χ0) is 9.97. The Morgan fingerprint density at radius 1 is 1.71 bits per heavy atom. The SMILES string of the molecule is CC(=O)N1CCCC(c2ccn[nH]2)C1. The number of piperidine rings is 1. The standard InChI is InChI=1S/C10H15N3O/c1-8(14)13-6-2-3-9(7-13)10-4-5-11-12-10/h4-5,9H,2-3,6-7H2,1H3,(H,11,12). The van der Waals surface area contributed by atoms with Crippen molar-refractivity contribution >= 4 is 5.91 Å². The molecule has 0 aromatic carbocycles. The third kappa shape index (κ3) is 1.78. The summed E-state index contributed by atoms with van der Waals surface area (Å²) in [7, 11) is 0. The maximum atomic E-state index is 11.2. The van der Waals surface area contributed by atoms with Crippen molar-refractivity contribution in [3.63, 3.8) is 0 Å². The molecule has 14 heavy (non-hydrogen) atoms. The molecule has 2 rings (SSSR count). The van der Waals surface area contributed by atoms with Gasteiger partial charge >= 0.3 is 0 Å². The van der Waals surface area contributed by atoms with E-state index >= 15 is 0 Å². The lowest BCUT2D eigenvalue weighted by atomic mass is 9.95. The average molecular weight is 193 g/mol. The van der Waals surface area contributed by atoms with Gasteiger partial charge in [0.1, 0.15) is 0 Å². The Kier molecular flexibility index (Phi) is 2.52. The molecule has 1 aliphatic heterocycles. The lowest BCUT2D eigenvalue weighted by Gasteiger charge is -2.31. The maximum Gasteiger partial charge on any atom is 0.219 e. The molecule has 0 aliphatic carbocycles. The summed E-state index contributed by atoms with van der Waals surface area (Å²) in [6, 6.07) is 1.99. The molecule has 0 bridgehead atoms. The molecular formula is C10H15N3O. The Bertz CT molecular complexity index is 307. The summed E-state index contributed by atoms with van der Waals surface area (Å²) in [6.45, 7) is 3.37. The maximum absolute atomic E-state index is 11.2. The van der Waals surface area contributed by atoms with Crippen molar-refractivity contribution in [2.45, 2.75) is 25.7 Å². The number of likely N-dealkylation sites (tertiary alicyclic amines) is 1. The summed E-state index contributed by atoms with van der Waals surface area (Å²) in [5, 5.41) is 6.92. The van der Waals surface area contributed by atoms with E-state index in [9.17, 15) is 4.79 Å². The predicted molar refractivity (Wildman–Crippen MR) is 52.8 cm³/mol. The first-order chi connectivity index (χ1) is 6.77. The van der Waals surface area contributed by atoms with Gasteiger partial charge in [0.2, 0.25) is 5.91 Å². The van der Waals surface area contributed by atoms with Crippen LogP contribution in [0.1, 0.15) is 31.4 Å². The highest BCUT2D eigenvalue weighted by Gasteiger charge is 2.23. The second kappa shape index (κ2) is 3.82. The van der Waals surface area contributed by atoms with E-state index in [0.29, 0.717) is 5.92 Å². The van der Waals surface area contributed by atoms with E-state index in [1.807, 2.05) is 11.0 Å². The number of hydrogen-bond acceptors (Lipinski definition) is 2. The topological polar surface area (TPSA) is 49.0 Å². The molecule has 1 N–H and O–H groups in total. The van der Waals surface area contributed by atoms with Crippen LogP contribution in [0.2, 0.25) is 0 Å². The monoisotopic (exact) mass is 193 g/mol. The molecule has 4 heteroatoms. The van der Waals surface area contributed by atoms with Gasteiger partial charge < -0.3 is 4.90 Å². The van der Waals surface area contributed by atoms with Crippen LogP contribution in [-0.4, -0.2) is 34.1 Å². The van der Waals surface area contributed by atoms with Crippen molar-refractivity contribution in [1.29, 1.82) is 0 Å². The van der Waals surface area contributed by atoms with E-state index < -0.39 is 0 Å². The summed E-state index contributed by atoms with van der Waals surface area (Å²) >= 11 is 0. The van der Waals surface area contributed by atoms with Crippen LogP contribution in [0.5, 0.6) is 0 Å². The fraction of sp³-hybridized carbons (Fsp3) is 0.600. The van der Waals surface area contributed by atoms with Crippen molar-refractivity contribution < 1.29 is 4.79 Å². The number of nitrogens with zero attached hydrogens (tertiary/aromatic N) is 2.